The molecule has 0 saturated carbocycles. The number of rotatable bonds is 6. The van der Waals surface area contributed by atoms with Gasteiger partial charge in [-0.1, -0.05) is 100.0 Å². The van der Waals surface area contributed by atoms with E-state index in [0.717, 1.165) is 21.2 Å². The van der Waals surface area contributed by atoms with Gasteiger partial charge in [0.2, 0.25) is 0 Å². The summed E-state index contributed by atoms with van der Waals surface area (Å²) in [5.41, 5.74) is 7.23. The van der Waals surface area contributed by atoms with Gasteiger partial charge < -0.3 is 0 Å². The van der Waals surface area contributed by atoms with E-state index in [1.165, 1.54) is 28.9 Å². The average molecular weight is 718 g/mol. The molecule has 1 aromatic heterocycles. The van der Waals surface area contributed by atoms with Gasteiger partial charge in [-0.2, -0.15) is 0 Å². The maximum atomic E-state index is 13.8. The van der Waals surface area contributed by atoms with E-state index in [0.29, 0.717) is 32.9 Å². The minimum Gasteiger partial charge on any atom is -0.268 e. The van der Waals surface area contributed by atoms with Crippen LogP contribution in [-0.4, -0.2) is 26.4 Å². The van der Waals surface area contributed by atoms with Gasteiger partial charge in [-0.3, -0.25) is 24.4 Å². The average Bonchev–Trinajstić information content (AvgIpc) is 3.40. The van der Waals surface area contributed by atoms with Crippen molar-refractivity contribution in [3.8, 4) is 17.1 Å². The van der Waals surface area contributed by atoms with Crippen LogP contribution >= 0.6 is 27.7 Å². The van der Waals surface area contributed by atoms with Gasteiger partial charge in [-0.15, -0.1) is 0 Å². The number of fused-ring (bicyclic) bond motifs is 1. The van der Waals surface area contributed by atoms with E-state index >= 15 is 0 Å². The van der Waals surface area contributed by atoms with Crippen molar-refractivity contribution in [3.63, 3.8) is 0 Å². The highest BCUT2D eigenvalue weighted by atomic mass is 79.9. The molecule has 10 heteroatoms. The predicted molar refractivity (Wildman–Crippen MR) is 191 cm³/mol. The Kier molecular flexibility index (Phi) is 8.51. The first kappa shape index (κ1) is 31.3. The lowest BCUT2D eigenvalue weighted by Gasteiger charge is -2.24. The molecular formula is C38H26BrFN4O3S. The fourth-order valence-electron chi connectivity index (χ4n) is 5.44. The molecule has 1 saturated heterocycles. The maximum Gasteiger partial charge on any atom is 0.280 e. The van der Waals surface area contributed by atoms with Gasteiger partial charge in [0, 0.05) is 15.6 Å². The lowest BCUT2D eigenvalue weighted by atomic mass is 10.1. The number of amides is 2. The SMILES string of the molecule is Cc1ccc(-c2nc3ccccc3c(=O)n2-c2ccc(C(=O)NN3C(=O)/C(=C\c4ccccc4Br)SC3c3ccc(F)cc3)cc2)cc1. The molecule has 1 atom stereocenters. The van der Waals surface area contributed by atoms with Crippen LogP contribution in [0.4, 0.5) is 4.39 Å². The zero-order chi connectivity index (χ0) is 33.4. The van der Waals surface area contributed by atoms with Crippen LogP contribution in [0.3, 0.4) is 0 Å². The molecule has 1 N–H and O–H groups in total. The molecule has 0 radical (unpaired) electrons. The zero-order valence-corrected chi connectivity index (χ0v) is 27.8. The molecule has 2 heterocycles. The summed E-state index contributed by atoms with van der Waals surface area (Å²) in [5.74, 6) is -0.847. The first-order valence-electron chi connectivity index (χ1n) is 15.0. The normalized spacial score (nSPS) is 15.3. The monoisotopic (exact) mass is 716 g/mol. The van der Waals surface area contributed by atoms with Gasteiger partial charge in [0.25, 0.3) is 17.4 Å². The van der Waals surface area contributed by atoms with E-state index < -0.39 is 23.0 Å². The number of aromatic nitrogens is 2. The molecule has 0 bridgehead atoms. The molecule has 6 aromatic rings. The molecule has 1 aliphatic rings. The maximum absolute atomic E-state index is 13.8. The van der Waals surface area contributed by atoms with E-state index in [2.05, 4.69) is 21.4 Å². The largest absolute Gasteiger partial charge is 0.280 e. The van der Waals surface area contributed by atoms with Crippen LogP contribution in [0, 0.1) is 12.7 Å². The van der Waals surface area contributed by atoms with E-state index in [9.17, 15) is 18.8 Å². The standard InChI is InChI=1S/C38H26BrFN4O3S/c1-23-10-12-24(13-11-23)34-41-32-9-5-3-7-30(32)36(46)43(34)29-20-16-25(17-21-29)35(45)42-44-37(47)33(22-27-6-2-4-8-31(27)39)48-38(44)26-14-18-28(40)19-15-26/h2-22,38H,1H3,(H,42,45)/b33-22+. The Hall–Kier alpha value is -5.32. The summed E-state index contributed by atoms with van der Waals surface area (Å²) in [4.78, 5) is 46.4. The summed E-state index contributed by atoms with van der Waals surface area (Å²) < 4.78 is 16.1. The van der Waals surface area contributed by atoms with Crippen LogP contribution in [0.25, 0.3) is 34.1 Å². The van der Waals surface area contributed by atoms with Crippen LogP contribution in [0.5, 0.6) is 0 Å². The van der Waals surface area contributed by atoms with Gasteiger partial charge in [-0.25, -0.2) is 14.4 Å². The molecule has 2 amide bonds. The summed E-state index contributed by atoms with van der Waals surface area (Å²) in [6.45, 7) is 1.99. The Bertz CT molecular complexity index is 2290. The Labute approximate surface area is 287 Å². The van der Waals surface area contributed by atoms with Crippen LogP contribution in [-0.2, 0) is 4.79 Å². The molecule has 48 heavy (non-hydrogen) atoms. The number of halogens is 2. The highest BCUT2D eigenvalue weighted by Crippen LogP contribution is 2.45. The molecule has 236 valence electrons. The fourth-order valence-corrected chi connectivity index (χ4v) is 7.02. The van der Waals surface area contributed by atoms with E-state index in [-0.39, 0.29) is 11.1 Å². The van der Waals surface area contributed by atoms with Crippen molar-refractivity contribution < 1.29 is 14.0 Å². The van der Waals surface area contributed by atoms with Crippen molar-refractivity contribution in [2.75, 3.05) is 0 Å². The molecule has 7 nitrogen and oxygen atoms in total. The minimum atomic E-state index is -0.630. The third kappa shape index (κ3) is 6.08. The van der Waals surface area contributed by atoms with Crippen molar-refractivity contribution in [1.82, 2.24) is 20.0 Å². The lowest BCUT2D eigenvalue weighted by Crippen LogP contribution is -2.44. The topological polar surface area (TPSA) is 84.3 Å². The van der Waals surface area contributed by atoms with Crippen molar-refractivity contribution in [2.45, 2.75) is 12.3 Å². The molecule has 7 rings (SSSR count). The van der Waals surface area contributed by atoms with Crippen LogP contribution in [0.1, 0.15) is 32.4 Å². The quantitative estimate of drug-likeness (QED) is 0.176. The number of carbonyl (C=O) groups is 2. The number of hydrazine groups is 1. The number of hydrogen-bond donors (Lipinski definition) is 1. The van der Waals surface area contributed by atoms with Crippen LogP contribution < -0.4 is 11.0 Å². The smallest absolute Gasteiger partial charge is 0.268 e. The van der Waals surface area contributed by atoms with Crippen LogP contribution in [0.15, 0.2) is 135 Å². The summed E-state index contributed by atoms with van der Waals surface area (Å²) in [7, 11) is 0. The summed E-state index contributed by atoms with van der Waals surface area (Å²) >= 11 is 4.78. The van der Waals surface area contributed by atoms with Gasteiger partial charge >= 0.3 is 0 Å². The van der Waals surface area contributed by atoms with Crippen LogP contribution in [0.2, 0.25) is 0 Å². The minimum absolute atomic E-state index is 0.237. The van der Waals surface area contributed by atoms with E-state index in [1.807, 2.05) is 67.6 Å². The molecule has 1 fully saturated rings. The molecule has 0 aliphatic carbocycles. The number of nitrogens with one attached hydrogen (secondary N) is 1. The van der Waals surface area contributed by atoms with Gasteiger partial charge in [0.15, 0.2) is 0 Å². The summed E-state index contributed by atoms with van der Waals surface area (Å²) in [5, 5.41) is 1.11. The van der Waals surface area contributed by atoms with Gasteiger partial charge in [-0.05, 0) is 78.7 Å². The molecule has 1 aliphatic heterocycles. The Morgan fingerprint density at radius 1 is 0.875 bits per heavy atom. The molecule has 5 aromatic carbocycles. The highest BCUT2D eigenvalue weighted by Gasteiger charge is 2.39. The molecule has 0 spiro atoms. The Balaban J connectivity index is 1.22. The molecular weight excluding hydrogens is 691 g/mol. The number of benzene rings is 5. The number of aryl methyl sites for hydroxylation is 1. The van der Waals surface area contributed by atoms with Crippen molar-refractivity contribution in [3.05, 3.63) is 169 Å². The Morgan fingerprint density at radius 3 is 2.29 bits per heavy atom. The number of thioether (sulfide) groups is 1. The van der Waals surface area contributed by atoms with Gasteiger partial charge in [0.1, 0.15) is 17.0 Å². The first-order valence-corrected chi connectivity index (χ1v) is 16.7. The van der Waals surface area contributed by atoms with Crippen molar-refractivity contribution in [1.29, 1.82) is 0 Å². The predicted octanol–water partition coefficient (Wildman–Crippen LogP) is 8.22. The second-order valence-corrected chi connectivity index (χ2v) is 13.2. The third-order valence-corrected chi connectivity index (χ3v) is 9.92. The highest BCUT2D eigenvalue weighted by molar-refractivity contribution is 9.10. The fraction of sp³-hybridized carbons (Fsp3) is 0.0526. The molecule has 1 unspecified atom stereocenters. The van der Waals surface area contributed by atoms with Gasteiger partial charge in [0.05, 0.1) is 21.5 Å². The Morgan fingerprint density at radius 2 is 1.56 bits per heavy atom. The van der Waals surface area contributed by atoms with Crippen molar-refractivity contribution >= 4 is 56.5 Å². The second-order valence-electron chi connectivity index (χ2n) is 11.2. The number of para-hydroxylation sites is 1. The van der Waals surface area contributed by atoms with E-state index in [4.69, 9.17) is 4.98 Å². The number of hydrogen-bond acceptors (Lipinski definition) is 5. The summed E-state index contributed by atoms with van der Waals surface area (Å²) in [6, 6.07) is 34.9. The van der Waals surface area contributed by atoms with E-state index in [1.54, 1.807) is 59.2 Å². The first-order chi connectivity index (χ1) is 23.3. The van der Waals surface area contributed by atoms with Crippen molar-refractivity contribution in [2.24, 2.45) is 0 Å². The number of nitrogens with zero attached hydrogens (tertiary/aromatic N) is 3. The number of carbonyl (C=O) groups excluding carboxylic acids is 2. The lowest BCUT2D eigenvalue weighted by molar-refractivity contribution is -0.128. The second kappa shape index (κ2) is 13.1. The third-order valence-electron chi connectivity index (χ3n) is 7.94. The summed E-state index contributed by atoms with van der Waals surface area (Å²) in [6.07, 6.45) is 1.76. The zero-order valence-electron chi connectivity index (χ0n) is 25.4.